The fourth-order valence-corrected chi connectivity index (χ4v) is 4.02. The fraction of sp³-hybridized carbons (Fsp3) is 0.481. The third kappa shape index (κ3) is 8.33. The molecule has 1 saturated heterocycles. The zero-order chi connectivity index (χ0) is 25.2. The van der Waals surface area contributed by atoms with Crippen molar-refractivity contribution >= 4 is 11.8 Å². The fourth-order valence-electron chi connectivity index (χ4n) is 4.02. The van der Waals surface area contributed by atoms with Gasteiger partial charge in [0.15, 0.2) is 0 Å². The minimum absolute atomic E-state index is 0.123. The van der Waals surface area contributed by atoms with E-state index in [-0.39, 0.29) is 11.8 Å². The molecule has 1 fully saturated rings. The Hall–Kier alpha value is -2.97. The van der Waals surface area contributed by atoms with Crippen molar-refractivity contribution in [3.8, 4) is 5.75 Å². The van der Waals surface area contributed by atoms with E-state index in [9.17, 15) is 14.0 Å². The van der Waals surface area contributed by atoms with E-state index >= 15 is 0 Å². The summed E-state index contributed by atoms with van der Waals surface area (Å²) >= 11 is 0. The summed E-state index contributed by atoms with van der Waals surface area (Å²) in [5.74, 6) is -0.485. The van der Waals surface area contributed by atoms with Crippen molar-refractivity contribution < 1.29 is 23.5 Å². The lowest BCUT2D eigenvalue weighted by Gasteiger charge is -2.31. The molecule has 0 aliphatic carbocycles. The predicted octanol–water partition coefficient (Wildman–Crippen LogP) is 3.39. The molecule has 3 rings (SSSR count). The SMILES string of the molecule is CC(C)C(NC(=O)c1ccc(F)cc1)C(=O)NCc1cccc(OCCN(C)C2CCOCC2)c1. The number of ether oxygens (including phenoxy) is 2. The highest BCUT2D eigenvalue weighted by Gasteiger charge is 2.24. The van der Waals surface area contributed by atoms with Crippen LogP contribution in [0.1, 0.15) is 42.6 Å². The highest BCUT2D eigenvalue weighted by molar-refractivity contribution is 5.97. The molecule has 0 aromatic heterocycles. The number of benzene rings is 2. The van der Waals surface area contributed by atoms with Crippen LogP contribution in [0.4, 0.5) is 4.39 Å². The molecule has 1 unspecified atom stereocenters. The number of carbonyl (C=O) groups is 2. The first kappa shape index (κ1) is 26.6. The first-order chi connectivity index (χ1) is 16.8. The lowest BCUT2D eigenvalue weighted by molar-refractivity contribution is -0.124. The number of hydrogen-bond acceptors (Lipinski definition) is 5. The monoisotopic (exact) mass is 485 g/mol. The minimum Gasteiger partial charge on any atom is -0.492 e. The Morgan fingerprint density at radius 1 is 1.14 bits per heavy atom. The van der Waals surface area contributed by atoms with Gasteiger partial charge in [-0.25, -0.2) is 4.39 Å². The lowest BCUT2D eigenvalue weighted by atomic mass is 10.0. The third-order valence-electron chi connectivity index (χ3n) is 6.23. The van der Waals surface area contributed by atoms with Crippen molar-refractivity contribution in [3.05, 3.63) is 65.5 Å². The van der Waals surface area contributed by atoms with Gasteiger partial charge in [-0.15, -0.1) is 0 Å². The Labute approximate surface area is 207 Å². The van der Waals surface area contributed by atoms with Gasteiger partial charge in [0.05, 0.1) is 0 Å². The smallest absolute Gasteiger partial charge is 0.251 e. The Morgan fingerprint density at radius 2 is 1.86 bits per heavy atom. The molecular weight excluding hydrogens is 449 g/mol. The maximum absolute atomic E-state index is 13.1. The molecule has 1 aliphatic rings. The maximum atomic E-state index is 13.1. The van der Waals surface area contributed by atoms with Crippen LogP contribution < -0.4 is 15.4 Å². The van der Waals surface area contributed by atoms with Crippen LogP contribution in [-0.4, -0.2) is 62.2 Å². The molecule has 190 valence electrons. The summed E-state index contributed by atoms with van der Waals surface area (Å²) < 4.78 is 24.5. The molecule has 0 spiro atoms. The highest BCUT2D eigenvalue weighted by atomic mass is 19.1. The average molecular weight is 486 g/mol. The first-order valence-electron chi connectivity index (χ1n) is 12.2. The van der Waals surface area contributed by atoms with Crippen LogP contribution in [0, 0.1) is 11.7 Å². The number of amides is 2. The summed E-state index contributed by atoms with van der Waals surface area (Å²) in [6, 6.07) is 12.7. The van der Waals surface area contributed by atoms with Crippen LogP contribution >= 0.6 is 0 Å². The van der Waals surface area contributed by atoms with Crippen LogP contribution in [-0.2, 0) is 16.1 Å². The Balaban J connectivity index is 1.48. The van der Waals surface area contributed by atoms with Crippen LogP contribution in [0.5, 0.6) is 5.75 Å². The average Bonchev–Trinajstić information content (AvgIpc) is 2.86. The largest absolute Gasteiger partial charge is 0.492 e. The summed E-state index contributed by atoms with van der Waals surface area (Å²) in [6.07, 6.45) is 2.10. The van der Waals surface area contributed by atoms with Crippen LogP contribution in [0.3, 0.4) is 0 Å². The van der Waals surface area contributed by atoms with Crippen LogP contribution in [0.15, 0.2) is 48.5 Å². The lowest BCUT2D eigenvalue weighted by Crippen LogP contribution is -2.49. The number of hydrogen-bond donors (Lipinski definition) is 2. The first-order valence-corrected chi connectivity index (χ1v) is 12.2. The second-order valence-corrected chi connectivity index (χ2v) is 9.24. The molecule has 0 saturated carbocycles. The summed E-state index contributed by atoms with van der Waals surface area (Å²) in [7, 11) is 2.12. The number of halogens is 1. The second-order valence-electron chi connectivity index (χ2n) is 9.24. The van der Waals surface area contributed by atoms with Gasteiger partial charge < -0.3 is 20.1 Å². The van der Waals surface area contributed by atoms with Gasteiger partial charge in [0.2, 0.25) is 5.91 Å². The van der Waals surface area contributed by atoms with Crippen molar-refractivity contribution in [1.82, 2.24) is 15.5 Å². The quantitative estimate of drug-likeness (QED) is 0.510. The van der Waals surface area contributed by atoms with E-state index in [2.05, 4.69) is 22.6 Å². The highest BCUT2D eigenvalue weighted by Crippen LogP contribution is 2.15. The number of likely N-dealkylation sites (N-methyl/N-ethyl adjacent to an activating group) is 1. The molecule has 0 radical (unpaired) electrons. The maximum Gasteiger partial charge on any atom is 0.251 e. The van der Waals surface area contributed by atoms with Crippen LogP contribution in [0.25, 0.3) is 0 Å². The minimum atomic E-state index is -0.715. The Bertz CT molecular complexity index is 961. The number of rotatable bonds is 11. The third-order valence-corrected chi connectivity index (χ3v) is 6.23. The van der Waals surface area contributed by atoms with Crippen molar-refractivity contribution in [2.24, 2.45) is 5.92 Å². The number of nitrogens with one attached hydrogen (secondary N) is 2. The van der Waals surface area contributed by atoms with Gasteiger partial charge in [0.25, 0.3) is 5.91 Å². The van der Waals surface area contributed by atoms with Crippen molar-refractivity contribution in [2.75, 3.05) is 33.4 Å². The van der Waals surface area contributed by atoms with E-state index < -0.39 is 17.8 Å². The molecular formula is C27H36FN3O4. The van der Waals surface area contributed by atoms with E-state index in [1.165, 1.54) is 24.3 Å². The molecule has 8 heteroatoms. The van der Waals surface area contributed by atoms with E-state index in [1.54, 1.807) is 0 Å². The molecule has 35 heavy (non-hydrogen) atoms. The van der Waals surface area contributed by atoms with E-state index in [1.807, 2.05) is 38.1 Å². The van der Waals surface area contributed by atoms with Gasteiger partial charge in [0, 0.05) is 37.9 Å². The zero-order valence-electron chi connectivity index (χ0n) is 20.8. The van der Waals surface area contributed by atoms with E-state index in [0.717, 1.165) is 43.9 Å². The number of nitrogens with zero attached hydrogens (tertiary/aromatic N) is 1. The van der Waals surface area contributed by atoms with Gasteiger partial charge in [-0.05, 0) is 67.8 Å². The standard InChI is InChI=1S/C27H36FN3O4/c1-19(2)25(30-26(32)21-7-9-22(28)10-8-21)27(33)29-18-20-5-4-6-24(17-20)35-16-13-31(3)23-11-14-34-15-12-23/h4-10,17,19,23,25H,11-16,18H2,1-3H3,(H,29,33)(H,30,32). The Morgan fingerprint density at radius 3 is 2.54 bits per heavy atom. The molecule has 0 bridgehead atoms. The van der Waals surface area contributed by atoms with E-state index in [0.29, 0.717) is 24.8 Å². The van der Waals surface area contributed by atoms with Crippen molar-refractivity contribution in [1.29, 1.82) is 0 Å². The normalized spacial score (nSPS) is 15.1. The molecule has 2 aromatic carbocycles. The second kappa shape index (κ2) is 13.2. The molecule has 7 nitrogen and oxygen atoms in total. The molecule has 1 aliphatic heterocycles. The summed E-state index contributed by atoms with van der Waals surface area (Å²) in [5, 5.41) is 5.66. The molecule has 1 atom stereocenters. The van der Waals surface area contributed by atoms with Gasteiger partial charge in [-0.1, -0.05) is 26.0 Å². The van der Waals surface area contributed by atoms with Gasteiger partial charge >= 0.3 is 0 Å². The topological polar surface area (TPSA) is 79.9 Å². The number of carbonyl (C=O) groups excluding carboxylic acids is 2. The summed E-state index contributed by atoms with van der Waals surface area (Å²) in [5.41, 5.74) is 1.21. The molecule has 2 amide bonds. The van der Waals surface area contributed by atoms with E-state index in [4.69, 9.17) is 9.47 Å². The van der Waals surface area contributed by atoms with Gasteiger partial charge in [-0.2, -0.15) is 0 Å². The molecule has 1 heterocycles. The van der Waals surface area contributed by atoms with Crippen LogP contribution in [0.2, 0.25) is 0 Å². The summed E-state index contributed by atoms with van der Waals surface area (Å²) in [4.78, 5) is 27.7. The molecule has 2 aromatic rings. The van der Waals surface area contributed by atoms with Crippen molar-refractivity contribution in [2.45, 2.75) is 45.3 Å². The predicted molar refractivity (Wildman–Crippen MR) is 133 cm³/mol. The zero-order valence-corrected chi connectivity index (χ0v) is 20.8. The Kier molecular flexibility index (Phi) is 10.0. The van der Waals surface area contributed by atoms with Gasteiger partial charge in [0.1, 0.15) is 24.2 Å². The van der Waals surface area contributed by atoms with Crippen molar-refractivity contribution in [3.63, 3.8) is 0 Å². The molecule has 2 N–H and O–H groups in total. The summed E-state index contributed by atoms with van der Waals surface area (Å²) in [6.45, 7) is 7.08. The van der Waals surface area contributed by atoms with Gasteiger partial charge in [-0.3, -0.25) is 14.5 Å².